The van der Waals surface area contributed by atoms with Gasteiger partial charge in [-0.1, -0.05) is 257 Å². The minimum absolute atomic E-state index is 0.00198. The number of nitrogens with one attached hydrogen (secondary N) is 1. The van der Waals surface area contributed by atoms with Crippen molar-refractivity contribution in [2.45, 2.75) is 302 Å². The largest absolute Gasteiger partial charge is 0.466 e. The number of hydrogen-bond acceptors (Lipinski definition) is 5. The minimum Gasteiger partial charge on any atom is -0.466 e. The lowest BCUT2D eigenvalue weighted by atomic mass is 10.0. The van der Waals surface area contributed by atoms with Crippen molar-refractivity contribution in [3.05, 3.63) is 12.2 Å². The average Bonchev–Trinajstić information content (AvgIpc) is 3.24. The van der Waals surface area contributed by atoms with E-state index in [0.29, 0.717) is 19.4 Å². The number of unbranched alkanes of at least 4 members (excludes halogenated alkanes) is 38. The fourth-order valence-corrected chi connectivity index (χ4v) is 8.22. The maximum absolute atomic E-state index is 12.4. The molecule has 0 rings (SSSR count). The molecule has 0 aromatic carbocycles. The van der Waals surface area contributed by atoms with Crippen LogP contribution in [0.4, 0.5) is 0 Å². The number of carbonyl (C=O) groups excluding carboxylic acids is 2. The van der Waals surface area contributed by atoms with Gasteiger partial charge in [-0.15, -0.1) is 0 Å². The molecule has 0 aliphatic rings. The predicted molar refractivity (Wildman–Crippen MR) is 255 cm³/mol. The summed E-state index contributed by atoms with van der Waals surface area (Å²) >= 11 is 0. The van der Waals surface area contributed by atoms with Gasteiger partial charge in [0.15, 0.2) is 0 Å². The minimum atomic E-state index is -0.847. The van der Waals surface area contributed by atoms with Crippen LogP contribution in [0.15, 0.2) is 12.2 Å². The highest BCUT2D eigenvalue weighted by Gasteiger charge is 2.18. The van der Waals surface area contributed by atoms with Crippen molar-refractivity contribution in [1.29, 1.82) is 0 Å². The van der Waals surface area contributed by atoms with E-state index >= 15 is 0 Å². The third-order valence-corrected chi connectivity index (χ3v) is 12.3. The lowest BCUT2D eigenvalue weighted by Gasteiger charge is -2.20. The van der Waals surface area contributed by atoms with E-state index in [4.69, 9.17) is 4.74 Å². The van der Waals surface area contributed by atoms with Gasteiger partial charge < -0.3 is 20.3 Å². The molecule has 0 saturated heterocycles. The average molecular weight is 834 g/mol. The van der Waals surface area contributed by atoms with Gasteiger partial charge in [0, 0.05) is 12.8 Å². The maximum atomic E-state index is 12.4. The van der Waals surface area contributed by atoms with Crippen LogP contribution in [0.25, 0.3) is 0 Å². The molecule has 0 bridgehead atoms. The van der Waals surface area contributed by atoms with E-state index in [-0.39, 0.29) is 18.5 Å². The van der Waals surface area contributed by atoms with Gasteiger partial charge in [0.2, 0.25) is 5.91 Å². The van der Waals surface area contributed by atoms with Crippen LogP contribution in [0.1, 0.15) is 290 Å². The van der Waals surface area contributed by atoms with Crippen LogP contribution in [0, 0.1) is 0 Å². The normalized spacial score (nSPS) is 12.7. The second kappa shape index (κ2) is 49.3. The molecule has 350 valence electrons. The highest BCUT2D eigenvalue weighted by atomic mass is 16.5. The maximum Gasteiger partial charge on any atom is 0.305 e. The van der Waals surface area contributed by atoms with Crippen LogP contribution in [0.3, 0.4) is 0 Å². The Morgan fingerprint density at radius 2 is 0.780 bits per heavy atom. The molecule has 59 heavy (non-hydrogen) atoms. The van der Waals surface area contributed by atoms with E-state index in [9.17, 15) is 19.8 Å². The smallest absolute Gasteiger partial charge is 0.305 e. The second-order valence-electron chi connectivity index (χ2n) is 18.2. The van der Waals surface area contributed by atoms with Crippen LogP contribution >= 0.6 is 0 Å². The summed E-state index contributed by atoms with van der Waals surface area (Å²) in [5, 5.41) is 23.1. The number of aliphatic hydroxyl groups excluding tert-OH is 2. The molecule has 2 unspecified atom stereocenters. The number of esters is 1. The van der Waals surface area contributed by atoms with E-state index in [1.54, 1.807) is 6.08 Å². The zero-order chi connectivity index (χ0) is 43.0. The number of hydrogen-bond donors (Lipinski definition) is 3. The fraction of sp³-hybridized carbons (Fsp3) is 0.925. The first-order valence-corrected chi connectivity index (χ1v) is 26.5. The molecule has 0 saturated carbocycles. The van der Waals surface area contributed by atoms with Crippen molar-refractivity contribution in [3.8, 4) is 0 Å². The van der Waals surface area contributed by atoms with Gasteiger partial charge in [0.05, 0.1) is 25.4 Å². The van der Waals surface area contributed by atoms with Crippen molar-refractivity contribution in [2.24, 2.45) is 0 Å². The van der Waals surface area contributed by atoms with Crippen molar-refractivity contribution in [1.82, 2.24) is 5.32 Å². The van der Waals surface area contributed by atoms with Gasteiger partial charge in [-0.25, -0.2) is 0 Å². The first-order valence-electron chi connectivity index (χ1n) is 26.5. The van der Waals surface area contributed by atoms with E-state index in [0.717, 1.165) is 44.9 Å². The molecule has 0 aliphatic heterocycles. The zero-order valence-electron chi connectivity index (χ0n) is 39.7. The number of ether oxygens (including phenoxy) is 1. The molecular formula is C53H103NO5. The molecule has 0 spiro atoms. The van der Waals surface area contributed by atoms with Crippen molar-refractivity contribution in [3.63, 3.8) is 0 Å². The molecule has 0 fully saturated rings. The standard InChI is InChI=1S/C53H103NO5/c1-3-5-7-9-11-13-15-16-19-22-26-29-33-37-41-45-51(56)50(49-55)54-52(57)46-42-38-34-30-27-23-20-17-18-21-24-28-32-36-40-44-48-59-53(58)47-43-39-35-31-25-14-12-10-8-6-4-2/h41,45,50-51,55-56H,3-40,42-44,46-49H2,1-2H3,(H,54,57)/b45-41+. The van der Waals surface area contributed by atoms with Crippen molar-refractivity contribution < 1.29 is 24.5 Å². The van der Waals surface area contributed by atoms with Gasteiger partial charge in [-0.2, -0.15) is 0 Å². The molecular weight excluding hydrogens is 731 g/mol. The Morgan fingerprint density at radius 3 is 1.15 bits per heavy atom. The number of amides is 1. The second-order valence-corrected chi connectivity index (χ2v) is 18.2. The Labute approximate surface area is 368 Å². The number of aliphatic hydroxyl groups is 2. The Hall–Kier alpha value is -1.40. The van der Waals surface area contributed by atoms with Crippen LogP contribution in [-0.4, -0.2) is 47.4 Å². The van der Waals surface area contributed by atoms with E-state index in [1.165, 1.54) is 218 Å². The van der Waals surface area contributed by atoms with Crippen LogP contribution in [-0.2, 0) is 14.3 Å². The Kier molecular flexibility index (Phi) is 48.1. The molecule has 0 heterocycles. The highest BCUT2D eigenvalue weighted by molar-refractivity contribution is 5.76. The summed E-state index contributed by atoms with van der Waals surface area (Å²) in [6, 6.07) is -0.631. The van der Waals surface area contributed by atoms with E-state index in [2.05, 4.69) is 19.2 Å². The summed E-state index contributed by atoms with van der Waals surface area (Å²) < 4.78 is 5.45. The van der Waals surface area contributed by atoms with Crippen LogP contribution < -0.4 is 5.32 Å². The summed E-state index contributed by atoms with van der Waals surface area (Å²) in [5.41, 5.74) is 0. The van der Waals surface area contributed by atoms with Crippen LogP contribution in [0.2, 0.25) is 0 Å². The molecule has 3 N–H and O–H groups in total. The Bertz CT molecular complexity index is 878. The molecule has 6 heteroatoms. The number of allylic oxidation sites excluding steroid dienone is 1. The van der Waals surface area contributed by atoms with Gasteiger partial charge in [-0.3, -0.25) is 9.59 Å². The van der Waals surface area contributed by atoms with Gasteiger partial charge >= 0.3 is 5.97 Å². The van der Waals surface area contributed by atoms with Gasteiger partial charge in [0.1, 0.15) is 0 Å². The zero-order valence-corrected chi connectivity index (χ0v) is 39.7. The molecule has 0 aromatic heterocycles. The Balaban J connectivity index is 3.46. The summed E-state index contributed by atoms with van der Waals surface area (Å²) in [6.45, 7) is 4.89. The van der Waals surface area contributed by atoms with Crippen molar-refractivity contribution >= 4 is 11.9 Å². The first-order chi connectivity index (χ1) is 29.0. The van der Waals surface area contributed by atoms with Crippen molar-refractivity contribution in [2.75, 3.05) is 13.2 Å². The predicted octanol–water partition coefficient (Wildman–Crippen LogP) is 15.7. The van der Waals surface area contributed by atoms with Crippen LogP contribution in [0.5, 0.6) is 0 Å². The first kappa shape index (κ1) is 57.6. The lowest BCUT2D eigenvalue weighted by Crippen LogP contribution is -2.45. The monoisotopic (exact) mass is 834 g/mol. The van der Waals surface area contributed by atoms with E-state index < -0.39 is 12.1 Å². The summed E-state index contributed by atoms with van der Waals surface area (Å²) in [4.78, 5) is 24.4. The van der Waals surface area contributed by atoms with Gasteiger partial charge in [0.25, 0.3) is 0 Å². The van der Waals surface area contributed by atoms with Gasteiger partial charge in [-0.05, 0) is 32.1 Å². The third-order valence-electron chi connectivity index (χ3n) is 12.3. The third kappa shape index (κ3) is 45.9. The molecule has 0 radical (unpaired) electrons. The molecule has 6 nitrogen and oxygen atoms in total. The Morgan fingerprint density at radius 1 is 0.458 bits per heavy atom. The SMILES string of the molecule is CCCCCCCCCCCCCCC/C=C/C(O)C(CO)NC(=O)CCCCCCCCCCCCCCCCCCOC(=O)CCCCCCCCCCCCC. The summed E-state index contributed by atoms with van der Waals surface area (Å²) in [6.07, 6.45) is 56.4. The number of carbonyl (C=O) groups is 2. The highest BCUT2D eigenvalue weighted by Crippen LogP contribution is 2.16. The van der Waals surface area contributed by atoms with E-state index in [1.807, 2.05) is 6.08 Å². The lowest BCUT2D eigenvalue weighted by molar-refractivity contribution is -0.143. The summed E-state index contributed by atoms with van der Waals surface area (Å²) in [5.74, 6) is -0.0715. The topological polar surface area (TPSA) is 95.9 Å². The summed E-state index contributed by atoms with van der Waals surface area (Å²) in [7, 11) is 0. The number of rotatable bonds is 49. The molecule has 1 amide bonds. The quantitative estimate of drug-likeness (QED) is 0.0322. The molecule has 2 atom stereocenters. The molecule has 0 aromatic rings. The fourth-order valence-electron chi connectivity index (χ4n) is 8.22. The molecule has 0 aliphatic carbocycles.